The van der Waals surface area contributed by atoms with E-state index in [9.17, 15) is 10.1 Å². The number of nitrogens with one attached hydrogen (secondary N) is 1. The van der Waals surface area contributed by atoms with Crippen LogP contribution in [-0.4, -0.2) is 15.5 Å². The first-order chi connectivity index (χ1) is 13.2. The molecule has 0 saturated heterocycles. The lowest BCUT2D eigenvalue weighted by molar-refractivity contribution is 0.0960. The molecule has 142 valence electrons. The molecule has 0 fully saturated rings. The van der Waals surface area contributed by atoms with Gasteiger partial charge in [-0.05, 0) is 48.6 Å². The van der Waals surface area contributed by atoms with Crippen molar-refractivity contribution in [3.05, 3.63) is 64.3 Å². The van der Waals surface area contributed by atoms with Crippen molar-refractivity contribution in [2.75, 3.05) is 0 Å². The summed E-state index contributed by atoms with van der Waals surface area (Å²) in [6.45, 7) is 9.95. The van der Waals surface area contributed by atoms with E-state index in [1.807, 2.05) is 58.9 Å². The third-order valence-electron chi connectivity index (χ3n) is 4.52. The molecule has 0 aliphatic rings. The van der Waals surface area contributed by atoms with Crippen molar-refractivity contribution in [2.24, 2.45) is 5.41 Å². The maximum Gasteiger partial charge on any atom is 0.257 e. The van der Waals surface area contributed by atoms with Gasteiger partial charge in [-0.1, -0.05) is 55.1 Å². The molecule has 2 aromatic carbocycles. The number of carbonyl (C=O) groups is 1. The molecule has 28 heavy (non-hydrogen) atoms. The van der Waals surface area contributed by atoms with Crippen LogP contribution in [0, 0.1) is 30.6 Å². The lowest BCUT2D eigenvalue weighted by Gasteiger charge is -2.26. The molecule has 0 spiro atoms. The quantitative estimate of drug-likeness (QED) is 0.637. The topological polar surface area (TPSA) is 78.7 Å². The predicted molar refractivity (Wildman–Crippen MR) is 113 cm³/mol. The molecule has 0 aliphatic heterocycles. The van der Waals surface area contributed by atoms with E-state index in [0.29, 0.717) is 22.4 Å². The Kier molecular flexibility index (Phi) is 5.30. The van der Waals surface area contributed by atoms with Crippen LogP contribution in [0.2, 0.25) is 0 Å². The number of carbonyl (C=O) groups excluding carboxylic acids is 1. The van der Waals surface area contributed by atoms with Crippen LogP contribution in [0.3, 0.4) is 0 Å². The zero-order valence-electron chi connectivity index (χ0n) is 16.6. The van der Waals surface area contributed by atoms with Crippen molar-refractivity contribution >= 4 is 33.2 Å². The van der Waals surface area contributed by atoms with Crippen LogP contribution in [0.15, 0.2) is 42.1 Å². The third-order valence-corrected chi connectivity index (χ3v) is 5.30. The zero-order chi connectivity index (χ0) is 20.5. The first-order valence-corrected chi connectivity index (χ1v) is 9.74. The van der Waals surface area contributed by atoms with Crippen LogP contribution >= 0.6 is 11.5 Å². The second-order valence-corrected chi connectivity index (χ2v) is 8.57. The fourth-order valence-electron chi connectivity index (χ4n) is 3.13. The molecule has 0 radical (unpaired) electrons. The zero-order valence-corrected chi connectivity index (χ0v) is 17.4. The van der Waals surface area contributed by atoms with E-state index in [-0.39, 0.29) is 5.91 Å². The highest BCUT2D eigenvalue weighted by molar-refractivity contribution is 7.13. The molecule has 1 N–H and O–H groups in total. The van der Waals surface area contributed by atoms with E-state index >= 15 is 0 Å². The van der Waals surface area contributed by atoms with Crippen LogP contribution in [0.25, 0.3) is 15.8 Å². The number of rotatable bonds is 3. The van der Waals surface area contributed by atoms with Crippen molar-refractivity contribution in [2.45, 2.75) is 34.6 Å². The van der Waals surface area contributed by atoms with Gasteiger partial charge in [0.2, 0.25) is 0 Å². The molecule has 5 nitrogen and oxygen atoms in total. The third kappa shape index (κ3) is 3.80. The largest absolute Gasteiger partial charge is 0.324 e. The number of aromatic nitrogens is 2. The van der Waals surface area contributed by atoms with Crippen LogP contribution < -0.4 is 5.32 Å². The van der Waals surface area contributed by atoms with Crippen molar-refractivity contribution < 1.29 is 4.79 Å². The number of hydrogen-bond acceptors (Lipinski definition) is 5. The number of amides is 1. The van der Waals surface area contributed by atoms with E-state index < -0.39 is 5.41 Å². The van der Waals surface area contributed by atoms with E-state index in [4.69, 9.17) is 0 Å². The standard InChI is InChI=1S/C22H22N4OS/c1-13-9-10-15(14(2)11-13)17(12-23)20(22(3,4)5)24-21(27)16-7-6-8-18-19(16)28-26-25-18/h6-11H,1-5H3,(H,24,27). The summed E-state index contributed by atoms with van der Waals surface area (Å²) >= 11 is 1.19. The Labute approximate surface area is 168 Å². The van der Waals surface area contributed by atoms with Crippen LogP contribution in [-0.2, 0) is 0 Å². The van der Waals surface area contributed by atoms with Gasteiger partial charge in [0.05, 0.1) is 15.8 Å². The van der Waals surface area contributed by atoms with Gasteiger partial charge in [-0.3, -0.25) is 4.79 Å². The molecule has 0 unspecified atom stereocenters. The van der Waals surface area contributed by atoms with Gasteiger partial charge in [0, 0.05) is 11.1 Å². The number of hydrogen-bond donors (Lipinski definition) is 1. The van der Waals surface area contributed by atoms with Crippen molar-refractivity contribution in [3.63, 3.8) is 0 Å². The fourth-order valence-corrected chi connectivity index (χ4v) is 3.81. The molecule has 0 saturated carbocycles. The molecule has 0 bridgehead atoms. The summed E-state index contributed by atoms with van der Waals surface area (Å²) in [6.07, 6.45) is 0. The number of nitrogens with zero attached hydrogens (tertiary/aromatic N) is 3. The van der Waals surface area contributed by atoms with E-state index in [0.717, 1.165) is 21.4 Å². The van der Waals surface area contributed by atoms with Crippen LogP contribution in [0.1, 0.15) is 47.8 Å². The fraction of sp³-hybridized carbons (Fsp3) is 0.273. The lowest BCUT2D eigenvalue weighted by atomic mass is 9.85. The average molecular weight is 391 g/mol. The van der Waals surface area contributed by atoms with Gasteiger partial charge in [0.15, 0.2) is 0 Å². The summed E-state index contributed by atoms with van der Waals surface area (Å²) in [7, 11) is 0. The Morgan fingerprint density at radius 1 is 1.14 bits per heavy atom. The first kappa shape index (κ1) is 19.7. The van der Waals surface area contributed by atoms with Crippen molar-refractivity contribution in [1.82, 2.24) is 14.9 Å². The Morgan fingerprint density at radius 2 is 1.89 bits per heavy atom. The van der Waals surface area contributed by atoms with E-state index in [1.54, 1.807) is 12.1 Å². The van der Waals surface area contributed by atoms with Gasteiger partial charge in [-0.25, -0.2) is 0 Å². The van der Waals surface area contributed by atoms with Crippen LogP contribution in [0.5, 0.6) is 0 Å². The van der Waals surface area contributed by atoms with Crippen molar-refractivity contribution in [1.29, 1.82) is 5.26 Å². The minimum Gasteiger partial charge on any atom is -0.324 e. The average Bonchev–Trinajstić information content (AvgIpc) is 3.10. The molecule has 3 aromatic rings. The van der Waals surface area contributed by atoms with Gasteiger partial charge in [-0.15, -0.1) is 5.10 Å². The Balaban J connectivity index is 2.12. The summed E-state index contributed by atoms with van der Waals surface area (Å²) in [5, 5.41) is 17.0. The molecule has 1 heterocycles. The van der Waals surface area contributed by atoms with Gasteiger partial charge in [-0.2, -0.15) is 5.26 Å². The Bertz CT molecular complexity index is 1130. The number of aryl methyl sites for hydroxylation is 2. The number of fused-ring (bicyclic) bond motifs is 1. The SMILES string of the molecule is Cc1ccc(C(C#N)=C(NC(=O)c2cccc3nnsc23)C(C)(C)C)c(C)c1. The van der Waals surface area contributed by atoms with Gasteiger partial charge >= 0.3 is 0 Å². The molecule has 3 rings (SSSR count). The normalized spacial score (nSPS) is 12.4. The molecule has 1 amide bonds. The Hall–Kier alpha value is -3.04. The summed E-state index contributed by atoms with van der Waals surface area (Å²) < 4.78 is 4.67. The molecule has 0 aliphatic carbocycles. The molecule has 1 aromatic heterocycles. The Morgan fingerprint density at radius 3 is 2.54 bits per heavy atom. The van der Waals surface area contributed by atoms with Crippen LogP contribution in [0.4, 0.5) is 0 Å². The minimum atomic E-state index is -0.433. The van der Waals surface area contributed by atoms with Crippen molar-refractivity contribution in [3.8, 4) is 6.07 Å². The second-order valence-electron chi connectivity index (χ2n) is 7.81. The number of benzene rings is 2. The maximum atomic E-state index is 13.1. The highest BCUT2D eigenvalue weighted by atomic mass is 32.1. The molecule has 0 atom stereocenters. The highest BCUT2D eigenvalue weighted by Gasteiger charge is 2.26. The smallest absolute Gasteiger partial charge is 0.257 e. The predicted octanol–water partition coefficient (Wildman–Crippen LogP) is 5.02. The maximum absolute atomic E-state index is 13.1. The molecular weight excluding hydrogens is 368 g/mol. The summed E-state index contributed by atoms with van der Waals surface area (Å²) in [4.78, 5) is 13.1. The van der Waals surface area contributed by atoms with E-state index in [1.165, 1.54) is 11.5 Å². The summed E-state index contributed by atoms with van der Waals surface area (Å²) in [5.74, 6) is -0.265. The molecular formula is C22H22N4OS. The van der Waals surface area contributed by atoms with Gasteiger partial charge in [0.25, 0.3) is 5.91 Å². The highest BCUT2D eigenvalue weighted by Crippen LogP contribution is 2.32. The monoisotopic (exact) mass is 390 g/mol. The van der Waals surface area contributed by atoms with Gasteiger partial charge < -0.3 is 5.32 Å². The lowest BCUT2D eigenvalue weighted by Crippen LogP contribution is -2.31. The number of allylic oxidation sites excluding steroid dienone is 2. The van der Waals surface area contributed by atoms with Gasteiger partial charge in [0.1, 0.15) is 11.6 Å². The minimum absolute atomic E-state index is 0.265. The number of nitriles is 1. The molecule has 6 heteroatoms. The summed E-state index contributed by atoms with van der Waals surface area (Å²) in [5.41, 5.74) is 4.80. The van der Waals surface area contributed by atoms with E-state index in [2.05, 4.69) is 21.0 Å². The summed E-state index contributed by atoms with van der Waals surface area (Å²) in [6, 6.07) is 13.6. The first-order valence-electron chi connectivity index (χ1n) is 8.97. The second kappa shape index (κ2) is 7.53.